The van der Waals surface area contributed by atoms with Crippen LogP contribution in [0.25, 0.3) is 0 Å². The van der Waals surface area contributed by atoms with Gasteiger partial charge in [-0.15, -0.1) is 0 Å². The summed E-state index contributed by atoms with van der Waals surface area (Å²) >= 11 is 0. The summed E-state index contributed by atoms with van der Waals surface area (Å²) in [5, 5.41) is 9.77. The van der Waals surface area contributed by atoms with Crippen LogP contribution < -0.4 is 10.6 Å². The third-order valence-corrected chi connectivity index (χ3v) is 5.44. The molecule has 0 bridgehead atoms. The maximum absolute atomic E-state index is 13.1. The Kier molecular flexibility index (Phi) is 3.98. The monoisotopic (exact) mass is 367 g/mol. The lowest BCUT2D eigenvalue weighted by molar-refractivity contribution is -0.134. The summed E-state index contributed by atoms with van der Waals surface area (Å²) in [6.45, 7) is 1.71. The fourth-order valence-electron chi connectivity index (χ4n) is 4.30. The molecule has 27 heavy (non-hydrogen) atoms. The summed E-state index contributed by atoms with van der Waals surface area (Å²) in [4.78, 5) is 38.9. The summed E-state index contributed by atoms with van der Waals surface area (Å²) in [7, 11) is 1.80. The van der Waals surface area contributed by atoms with E-state index in [0.717, 1.165) is 16.8 Å². The molecule has 0 aliphatic carbocycles. The molecule has 0 saturated carbocycles. The fraction of sp³-hybridized carbons (Fsp3) is 0.368. The highest BCUT2D eigenvalue weighted by Gasteiger charge is 2.59. The summed E-state index contributed by atoms with van der Waals surface area (Å²) in [5.41, 5.74) is 1.63. The highest BCUT2D eigenvalue weighted by molar-refractivity contribution is 6.07. The number of hydrogen-bond acceptors (Lipinski definition) is 4. The van der Waals surface area contributed by atoms with Gasteiger partial charge < -0.3 is 15.5 Å². The average Bonchev–Trinajstić information content (AvgIpc) is 3.31. The molecule has 140 valence electrons. The topological polar surface area (TPSA) is 96.3 Å². The summed E-state index contributed by atoms with van der Waals surface area (Å²) in [6.07, 6.45) is 4.05. The summed E-state index contributed by atoms with van der Waals surface area (Å²) in [5.74, 6) is -0.584. The molecule has 1 saturated heterocycles. The van der Waals surface area contributed by atoms with E-state index in [4.69, 9.17) is 0 Å². The Morgan fingerprint density at radius 2 is 2.15 bits per heavy atom. The molecule has 1 aromatic carbocycles. The fourth-order valence-corrected chi connectivity index (χ4v) is 4.30. The number of benzene rings is 1. The van der Waals surface area contributed by atoms with Gasteiger partial charge in [-0.3, -0.25) is 19.1 Å². The van der Waals surface area contributed by atoms with E-state index in [2.05, 4.69) is 15.7 Å². The Labute approximate surface area is 156 Å². The molecule has 3 amide bonds. The van der Waals surface area contributed by atoms with Crippen LogP contribution in [-0.2, 0) is 26.8 Å². The number of nitrogens with zero attached hydrogens (tertiary/aromatic N) is 3. The second-order valence-electron chi connectivity index (χ2n) is 7.07. The lowest BCUT2D eigenvalue weighted by Gasteiger charge is -2.33. The number of para-hydroxylation sites is 1. The largest absolute Gasteiger partial charge is 0.347 e. The number of aryl methyl sites for hydroxylation is 1. The molecule has 2 atom stereocenters. The van der Waals surface area contributed by atoms with Crippen molar-refractivity contribution in [3.8, 4) is 0 Å². The van der Waals surface area contributed by atoms with E-state index in [-0.39, 0.29) is 24.3 Å². The maximum Gasteiger partial charge on any atom is 0.242 e. The van der Waals surface area contributed by atoms with Crippen molar-refractivity contribution in [2.24, 2.45) is 7.05 Å². The molecule has 8 nitrogen and oxygen atoms in total. The molecule has 2 aliphatic heterocycles. The van der Waals surface area contributed by atoms with E-state index in [1.807, 2.05) is 30.5 Å². The van der Waals surface area contributed by atoms with Crippen molar-refractivity contribution in [2.75, 3.05) is 18.4 Å². The quantitative estimate of drug-likeness (QED) is 0.835. The number of likely N-dealkylation sites (tertiary alicyclic amines) is 1. The van der Waals surface area contributed by atoms with Gasteiger partial charge in [0, 0.05) is 38.0 Å². The first kappa shape index (κ1) is 17.3. The first-order valence-corrected chi connectivity index (χ1v) is 8.87. The van der Waals surface area contributed by atoms with Crippen molar-refractivity contribution in [1.82, 2.24) is 20.0 Å². The predicted octanol–water partition coefficient (Wildman–Crippen LogP) is 0.720. The average molecular weight is 367 g/mol. The molecule has 3 heterocycles. The standard InChI is InChI=1S/C19H21N5O3/c1-12(25)20-10-16(26)24-8-7-19(17(24)13-9-21-23(2)11-13)14-5-3-4-6-15(14)22-18(19)27/h3-6,9,11,17H,7-8,10H2,1-2H3,(H,20,25)(H,22,27). The van der Waals surface area contributed by atoms with E-state index in [1.165, 1.54) is 6.92 Å². The van der Waals surface area contributed by atoms with Gasteiger partial charge in [-0.2, -0.15) is 5.10 Å². The smallest absolute Gasteiger partial charge is 0.242 e. The third-order valence-electron chi connectivity index (χ3n) is 5.44. The van der Waals surface area contributed by atoms with Crippen LogP contribution in [0.2, 0.25) is 0 Å². The minimum atomic E-state index is -0.856. The van der Waals surface area contributed by atoms with Gasteiger partial charge in [0.15, 0.2) is 0 Å². The van der Waals surface area contributed by atoms with E-state index in [1.54, 1.807) is 22.8 Å². The van der Waals surface area contributed by atoms with Crippen LogP contribution in [0.5, 0.6) is 0 Å². The lowest BCUT2D eigenvalue weighted by Crippen LogP contribution is -2.45. The first-order valence-electron chi connectivity index (χ1n) is 8.87. The highest BCUT2D eigenvalue weighted by atomic mass is 16.2. The number of hydrogen-bond donors (Lipinski definition) is 2. The van der Waals surface area contributed by atoms with Crippen LogP contribution in [0.15, 0.2) is 36.7 Å². The number of amides is 3. The van der Waals surface area contributed by atoms with Crippen LogP contribution in [-0.4, -0.2) is 45.5 Å². The van der Waals surface area contributed by atoms with E-state index in [9.17, 15) is 14.4 Å². The van der Waals surface area contributed by atoms with Crippen molar-refractivity contribution >= 4 is 23.4 Å². The number of carbonyl (C=O) groups is 3. The Balaban J connectivity index is 1.80. The van der Waals surface area contributed by atoms with Gasteiger partial charge in [0.25, 0.3) is 0 Å². The Hall–Kier alpha value is -3.16. The van der Waals surface area contributed by atoms with Gasteiger partial charge in [-0.05, 0) is 18.1 Å². The van der Waals surface area contributed by atoms with E-state index < -0.39 is 11.5 Å². The predicted molar refractivity (Wildman–Crippen MR) is 97.7 cm³/mol. The summed E-state index contributed by atoms with van der Waals surface area (Å²) < 4.78 is 1.66. The maximum atomic E-state index is 13.1. The molecule has 2 aromatic rings. The summed E-state index contributed by atoms with van der Waals surface area (Å²) in [6, 6.07) is 7.13. The Morgan fingerprint density at radius 3 is 2.85 bits per heavy atom. The van der Waals surface area contributed by atoms with Gasteiger partial charge in [0.2, 0.25) is 17.7 Å². The number of carbonyl (C=O) groups excluding carboxylic acids is 3. The van der Waals surface area contributed by atoms with Crippen LogP contribution in [0.1, 0.15) is 30.5 Å². The molecular weight excluding hydrogens is 346 g/mol. The molecule has 0 radical (unpaired) electrons. The molecule has 1 fully saturated rings. The second kappa shape index (κ2) is 6.22. The van der Waals surface area contributed by atoms with Crippen LogP contribution >= 0.6 is 0 Å². The van der Waals surface area contributed by atoms with Crippen molar-refractivity contribution in [3.63, 3.8) is 0 Å². The van der Waals surface area contributed by atoms with Crippen molar-refractivity contribution < 1.29 is 14.4 Å². The van der Waals surface area contributed by atoms with Gasteiger partial charge in [-0.1, -0.05) is 18.2 Å². The molecule has 4 rings (SSSR count). The Morgan fingerprint density at radius 1 is 1.37 bits per heavy atom. The zero-order chi connectivity index (χ0) is 19.2. The molecule has 1 spiro atoms. The molecular formula is C19H21N5O3. The number of rotatable bonds is 3. The first-order chi connectivity index (χ1) is 12.9. The van der Waals surface area contributed by atoms with Crippen molar-refractivity contribution in [2.45, 2.75) is 24.8 Å². The van der Waals surface area contributed by atoms with Crippen LogP contribution in [0.3, 0.4) is 0 Å². The number of anilines is 1. The highest BCUT2D eigenvalue weighted by Crippen LogP contribution is 2.54. The minimum Gasteiger partial charge on any atom is -0.347 e. The van der Waals surface area contributed by atoms with Gasteiger partial charge >= 0.3 is 0 Å². The molecule has 1 aromatic heterocycles. The van der Waals surface area contributed by atoms with E-state index in [0.29, 0.717) is 13.0 Å². The van der Waals surface area contributed by atoms with Gasteiger partial charge in [-0.25, -0.2) is 0 Å². The number of fused-ring (bicyclic) bond motifs is 2. The third kappa shape index (κ3) is 2.59. The minimum absolute atomic E-state index is 0.0918. The number of nitrogens with one attached hydrogen (secondary N) is 2. The van der Waals surface area contributed by atoms with Crippen LogP contribution in [0.4, 0.5) is 5.69 Å². The second-order valence-corrected chi connectivity index (χ2v) is 7.07. The SMILES string of the molecule is CC(=O)NCC(=O)N1CCC2(C(=O)Nc3ccccc32)C1c1cnn(C)c1. The molecule has 2 N–H and O–H groups in total. The van der Waals surface area contributed by atoms with Crippen molar-refractivity contribution in [1.29, 1.82) is 0 Å². The van der Waals surface area contributed by atoms with E-state index >= 15 is 0 Å². The molecule has 2 aliphatic rings. The van der Waals surface area contributed by atoms with Gasteiger partial charge in [0.1, 0.15) is 5.41 Å². The van der Waals surface area contributed by atoms with Gasteiger partial charge in [0.05, 0.1) is 18.8 Å². The lowest BCUT2D eigenvalue weighted by atomic mass is 9.73. The molecule has 2 unspecified atom stereocenters. The zero-order valence-corrected chi connectivity index (χ0v) is 15.2. The number of aromatic nitrogens is 2. The van der Waals surface area contributed by atoms with Crippen molar-refractivity contribution in [3.05, 3.63) is 47.8 Å². The normalized spacial score (nSPS) is 23.4. The Bertz CT molecular complexity index is 937. The van der Waals surface area contributed by atoms with Crippen LogP contribution in [0, 0.1) is 0 Å². The zero-order valence-electron chi connectivity index (χ0n) is 15.2. The molecule has 8 heteroatoms.